The third kappa shape index (κ3) is 3.86. The Morgan fingerprint density at radius 1 is 1.00 bits per heavy atom. The Balaban J connectivity index is 1.63. The van der Waals surface area contributed by atoms with Gasteiger partial charge in [-0.3, -0.25) is 9.80 Å². The van der Waals surface area contributed by atoms with Crippen LogP contribution in [0.25, 0.3) is 0 Å². The second-order valence-electron chi connectivity index (χ2n) is 7.47. The number of benzene rings is 2. The minimum atomic E-state index is -0.988. The lowest BCUT2D eigenvalue weighted by atomic mass is 10.0. The van der Waals surface area contributed by atoms with Crippen molar-refractivity contribution in [1.29, 1.82) is 0 Å². The van der Waals surface area contributed by atoms with Crippen LogP contribution in [-0.2, 0) is 9.59 Å². The van der Waals surface area contributed by atoms with Crippen molar-refractivity contribution in [3.05, 3.63) is 66.2 Å². The molecule has 2 aliphatic rings. The second kappa shape index (κ2) is 8.05. The first-order valence-electron chi connectivity index (χ1n) is 9.73. The molecule has 29 heavy (non-hydrogen) atoms. The minimum Gasteiger partial charge on any atom is -0.480 e. The Hall–Kier alpha value is -3.19. The molecule has 2 aromatic rings. The smallest absolute Gasteiger partial charge is 0.328 e. The summed E-state index contributed by atoms with van der Waals surface area (Å²) in [4.78, 5) is 29.2. The molecule has 2 aliphatic heterocycles. The van der Waals surface area contributed by atoms with Gasteiger partial charge in [0.15, 0.2) is 6.04 Å². The topological polar surface area (TPSA) is 76.5 Å². The highest BCUT2D eigenvalue weighted by molar-refractivity contribution is 6.40. The molecule has 7 nitrogen and oxygen atoms in total. The largest absolute Gasteiger partial charge is 0.480 e. The summed E-state index contributed by atoms with van der Waals surface area (Å²) >= 11 is 0. The number of carbonyl (C=O) groups excluding carboxylic acids is 1. The Labute approximate surface area is 169 Å². The van der Waals surface area contributed by atoms with Gasteiger partial charge >= 0.3 is 5.97 Å². The highest BCUT2D eigenvalue weighted by Gasteiger charge is 2.40. The van der Waals surface area contributed by atoms with E-state index in [9.17, 15) is 14.7 Å². The molecule has 1 N–H and O–H groups in total. The van der Waals surface area contributed by atoms with Crippen molar-refractivity contribution in [1.82, 2.24) is 9.80 Å². The number of anilines is 1. The first-order valence-corrected chi connectivity index (χ1v) is 9.73. The summed E-state index contributed by atoms with van der Waals surface area (Å²) in [5.74, 6) is -1.17. The summed E-state index contributed by atoms with van der Waals surface area (Å²) < 4.78 is 0. The summed E-state index contributed by atoms with van der Waals surface area (Å²) in [6, 6.07) is 18.1. The summed E-state index contributed by atoms with van der Waals surface area (Å²) in [6.45, 7) is 2.08. The van der Waals surface area contributed by atoms with Crippen molar-refractivity contribution in [2.75, 3.05) is 31.7 Å². The minimum absolute atomic E-state index is 0.0841. The molecule has 4 rings (SSSR count). The Bertz CT molecular complexity index is 916. The molecular weight excluding hydrogens is 368 g/mol. The SMILES string of the molecule is CN1CCN(C(=O)C2=NN(c3ccccc3)C(C(=O)O)C2)C(c2ccccc2)C1. The van der Waals surface area contributed by atoms with Gasteiger partial charge in [-0.25, -0.2) is 4.79 Å². The third-order valence-electron chi connectivity index (χ3n) is 5.49. The fourth-order valence-corrected chi connectivity index (χ4v) is 3.94. The molecule has 2 unspecified atom stereocenters. The molecular formula is C22H24N4O3. The number of para-hydroxylation sites is 1. The van der Waals surface area contributed by atoms with E-state index in [1.165, 1.54) is 5.01 Å². The van der Waals surface area contributed by atoms with Crippen molar-refractivity contribution in [2.45, 2.75) is 18.5 Å². The second-order valence-corrected chi connectivity index (χ2v) is 7.47. The number of nitrogens with zero attached hydrogens (tertiary/aromatic N) is 4. The van der Waals surface area contributed by atoms with E-state index in [1.807, 2.05) is 60.5 Å². The zero-order valence-electron chi connectivity index (χ0n) is 16.3. The molecule has 1 amide bonds. The van der Waals surface area contributed by atoms with Crippen LogP contribution < -0.4 is 5.01 Å². The van der Waals surface area contributed by atoms with Gasteiger partial charge in [-0.2, -0.15) is 5.10 Å². The molecule has 2 heterocycles. The molecule has 2 aromatic carbocycles. The highest BCUT2D eigenvalue weighted by Crippen LogP contribution is 2.29. The van der Waals surface area contributed by atoms with E-state index in [2.05, 4.69) is 10.0 Å². The van der Waals surface area contributed by atoms with Crippen molar-refractivity contribution in [2.24, 2.45) is 5.10 Å². The molecule has 1 fully saturated rings. The van der Waals surface area contributed by atoms with Crippen LogP contribution in [0.5, 0.6) is 0 Å². The van der Waals surface area contributed by atoms with Gasteiger partial charge < -0.3 is 14.9 Å². The zero-order chi connectivity index (χ0) is 20.4. The maximum atomic E-state index is 13.4. The van der Waals surface area contributed by atoms with Crippen molar-refractivity contribution in [3.8, 4) is 0 Å². The molecule has 0 radical (unpaired) electrons. The predicted octanol–water partition coefficient (Wildman–Crippen LogP) is 2.22. The van der Waals surface area contributed by atoms with E-state index in [0.29, 0.717) is 17.9 Å². The predicted molar refractivity (Wildman–Crippen MR) is 111 cm³/mol. The number of piperazine rings is 1. The van der Waals surface area contributed by atoms with Gasteiger partial charge in [0.1, 0.15) is 5.71 Å². The molecule has 0 aliphatic carbocycles. The summed E-state index contributed by atoms with van der Waals surface area (Å²) in [6.07, 6.45) is 0.0942. The van der Waals surface area contributed by atoms with Crippen LogP contribution in [0.4, 0.5) is 5.69 Å². The van der Waals surface area contributed by atoms with Crippen LogP contribution in [-0.4, -0.2) is 65.2 Å². The summed E-state index contributed by atoms with van der Waals surface area (Å²) in [5.41, 5.74) is 2.04. The number of carbonyl (C=O) groups is 2. The van der Waals surface area contributed by atoms with E-state index < -0.39 is 12.0 Å². The van der Waals surface area contributed by atoms with Crippen LogP contribution in [0.2, 0.25) is 0 Å². The zero-order valence-corrected chi connectivity index (χ0v) is 16.3. The lowest BCUT2D eigenvalue weighted by molar-refractivity contribution is -0.138. The first-order chi connectivity index (χ1) is 14.0. The molecule has 1 saturated heterocycles. The van der Waals surface area contributed by atoms with Gasteiger partial charge in [-0.1, -0.05) is 48.5 Å². The quantitative estimate of drug-likeness (QED) is 0.864. The number of aliphatic carboxylic acids is 1. The Morgan fingerprint density at radius 3 is 2.31 bits per heavy atom. The number of hydrogen-bond donors (Lipinski definition) is 1. The number of carboxylic acid groups (broad SMARTS) is 1. The average Bonchev–Trinajstić information content (AvgIpc) is 3.20. The lowest BCUT2D eigenvalue weighted by Crippen LogP contribution is -2.51. The molecule has 0 spiro atoms. The van der Waals surface area contributed by atoms with Crippen LogP contribution >= 0.6 is 0 Å². The van der Waals surface area contributed by atoms with Crippen LogP contribution in [0.15, 0.2) is 65.8 Å². The van der Waals surface area contributed by atoms with E-state index in [1.54, 1.807) is 12.1 Å². The number of hydrogen-bond acceptors (Lipinski definition) is 5. The van der Waals surface area contributed by atoms with E-state index >= 15 is 0 Å². The molecule has 0 aromatic heterocycles. The number of hydrazone groups is 1. The number of rotatable bonds is 4. The monoisotopic (exact) mass is 392 g/mol. The van der Waals surface area contributed by atoms with Gasteiger partial charge in [0.2, 0.25) is 0 Å². The first kappa shape index (κ1) is 19.1. The van der Waals surface area contributed by atoms with E-state index in [-0.39, 0.29) is 18.4 Å². The standard InChI is InChI=1S/C22H24N4O3/c1-24-12-13-25(20(15-24)16-8-4-2-5-9-16)21(27)18-14-19(22(28)29)26(23-18)17-10-6-3-7-11-17/h2-11,19-20H,12-15H2,1H3,(H,28,29). The van der Waals surface area contributed by atoms with Gasteiger partial charge in [0.25, 0.3) is 5.91 Å². The summed E-state index contributed by atoms with van der Waals surface area (Å²) in [5, 5.41) is 15.6. The van der Waals surface area contributed by atoms with Gasteiger partial charge in [0.05, 0.1) is 11.7 Å². The fraction of sp³-hybridized carbons (Fsp3) is 0.318. The summed E-state index contributed by atoms with van der Waals surface area (Å²) in [7, 11) is 2.04. The maximum Gasteiger partial charge on any atom is 0.328 e. The van der Waals surface area contributed by atoms with Crippen molar-refractivity contribution < 1.29 is 14.7 Å². The number of likely N-dealkylation sites (N-methyl/N-ethyl adjacent to an activating group) is 1. The lowest BCUT2D eigenvalue weighted by Gasteiger charge is -2.40. The van der Waals surface area contributed by atoms with Crippen LogP contribution in [0.1, 0.15) is 18.0 Å². The van der Waals surface area contributed by atoms with Crippen molar-refractivity contribution in [3.63, 3.8) is 0 Å². The van der Waals surface area contributed by atoms with E-state index in [0.717, 1.165) is 18.7 Å². The van der Waals surface area contributed by atoms with Crippen molar-refractivity contribution >= 4 is 23.3 Å². The molecule has 2 atom stereocenters. The normalized spacial score (nSPS) is 22.4. The van der Waals surface area contributed by atoms with Crippen LogP contribution in [0.3, 0.4) is 0 Å². The Morgan fingerprint density at radius 2 is 1.66 bits per heavy atom. The third-order valence-corrected chi connectivity index (χ3v) is 5.49. The fourth-order valence-electron chi connectivity index (χ4n) is 3.94. The Kier molecular flexibility index (Phi) is 5.31. The highest BCUT2D eigenvalue weighted by atomic mass is 16.4. The van der Waals surface area contributed by atoms with Crippen LogP contribution in [0, 0.1) is 0 Å². The van der Waals surface area contributed by atoms with Gasteiger partial charge in [0, 0.05) is 26.1 Å². The molecule has 0 saturated carbocycles. The van der Waals surface area contributed by atoms with E-state index in [4.69, 9.17) is 0 Å². The maximum absolute atomic E-state index is 13.4. The number of amides is 1. The number of carboxylic acids is 1. The molecule has 7 heteroatoms. The van der Waals surface area contributed by atoms with Gasteiger partial charge in [-0.15, -0.1) is 0 Å². The molecule has 150 valence electrons. The van der Waals surface area contributed by atoms with Gasteiger partial charge in [-0.05, 0) is 24.7 Å². The average molecular weight is 392 g/mol. The molecule has 0 bridgehead atoms.